The topological polar surface area (TPSA) is 81.0 Å². The first kappa shape index (κ1) is 17.7. The van der Waals surface area contributed by atoms with Crippen LogP contribution in [-0.4, -0.2) is 27.5 Å². The van der Waals surface area contributed by atoms with Crippen LogP contribution in [0.15, 0.2) is 22.7 Å². The molecule has 25 heavy (non-hydrogen) atoms. The molecule has 6 nitrogen and oxygen atoms in total. The molecule has 0 aromatic carbocycles. The molecule has 0 aliphatic carbocycles. The summed E-state index contributed by atoms with van der Waals surface area (Å²) < 4.78 is 11.6. The Kier molecular flexibility index (Phi) is 5.55. The summed E-state index contributed by atoms with van der Waals surface area (Å²) in [6.07, 6.45) is 3.25. The number of thiophene rings is 1. The SMILES string of the molecule is CCOC(=O)CCCc1oc(-c2cnc(C)[nH]2)nc1-c1ccc(Cl)s1. The minimum atomic E-state index is -0.202. The standard InChI is InChI=1S/C17H18ClN3O3S/c1-3-23-15(22)6-4-5-12-16(13-7-8-14(18)25-13)21-17(24-12)11-9-19-10(2)20-11/h7-9H,3-6H2,1-2H3,(H,19,20). The van der Waals surface area contributed by atoms with Gasteiger partial charge in [-0.2, -0.15) is 0 Å². The van der Waals surface area contributed by atoms with Crippen LogP contribution in [0.5, 0.6) is 0 Å². The Morgan fingerprint density at radius 2 is 2.28 bits per heavy atom. The molecule has 0 aliphatic heterocycles. The largest absolute Gasteiger partial charge is 0.466 e. The van der Waals surface area contributed by atoms with E-state index in [2.05, 4.69) is 15.0 Å². The van der Waals surface area contributed by atoms with Gasteiger partial charge in [0, 0.05) is 12.8 Å². The number of nitrogens with one attached hydrogen (secondary N) is 1. The molecule has 132 valence electrons. The van der Waals surface area contributed by atoms with Crippen molar-refractivity contribution in [1.29, 1.82) is 0 Å². The first-order valence-electron chi connectivity index (χ1n) is 7.99. The van der Waals surface area contributed by atoms with Gasteiger partial charge in [0.05, 0.1) is 22.0 Å². The second kappa shape index (κ2) is 7.84. The average Bonchev–Trinajstić information content (AvgIpc) is 3.27. The molecule has 0 radical (unpaired) electrons. The summed E-state index contributed by atoms with van der Waals surface area (Å²) in [6.45, 7) is 4.06. The lowest BCUT2D eigenvalue weighted by Crippen LogP contribution is -2.04. The number of nitrogens with zero attached hydrogens (tertiary/aromatic N) is 2. The fourth-order valence-electron chi connectivity index (χ4n) is 2.43. The van der Waals surface area contributed by atoms with Crippen molar-refractivity contribution in [3.8, 4) is 22.2 Å². The highest BCUT2D eigenvalue weighted by Crippen LogP contribution is 2.35. The number of hydrogen-bond acceptors (Lipinski definition) is 6. The van der Waals surface area contributed by atoms with Crippen LogP contribution in [0, 0.1) is 6.92 Å². The summed E-state index contributed by atoms with van der Waals surface area (Å²) in [5.41, 5.74) is 1.47. The molecule has 0 amide bonds. The van der Waals surface area contributed by atoms with Crippen molar-refractivity contribution in [1.82, 2.24) is 15.0 Å². The Labute approximate surface area is 154 Å². The summed E-state index contributed by atoms with van der Waals surface area (Å²) in [5.74, 6) is 1.79. The smallest absolute Gasteiger partial charge is 0.305 e. The highest BCUT2D eigenvalue weighted by molar-refractivity contribution is 7.19. The van der Waals surface area contributed by atoms with Gasteiger partial charge in [-0.1, -0.05) is 11.6 Å². The maximum Gasteiger partial charge on any atom is 0.305 e. The van der Waals surface area contributed by atoms with E-state index in [4.69, 9.17) is 20.8 Å². The lowest BCUT2D eigenvalue weighted by atomic mass is 10.1. The van der Waals surface area contributed by atoms with Crippen molar-refractivity contribution in [2.45, 2.75) is 33.1 Å². The van der Waals surface area contributed by atoms with Gasteiger partial charge >= 0.3 is 5.97 Å². The number of hydrogen-bond donors (Lipinski definition) is 1. The maximum atomic E-state index is 11.5. The van der Waals surface area contributed by atoms with Crippen molar-refractivity contribution in [3.05, 3.63) is 34.3 Å². The zero-order valence-corrected chi connectivity index (χ0v) is 15.5. The molecule has 0 saturated carbocycles. The summed E-state index contributed by atoms with van der Waals surface area (Å²) in [4.78, 5) is 24.4. The van der Waals surface area contributed by atoms with E-state index < -0.39 is 0 Å². The molecule has 0 unspecified atom stereocenters. The molecule has 8 heteroatoms. The molecule has 0 spiro atoms. The van der Waals surface area contributed by atoms with Gasteiger partial charge in [-0.25, -0.2) is 9.97 Å². The highest BCUT2D eigenvalue weighted by atomic mass is 35.5. The lowest BCUT2D eigenvalue weighted by Gasteiger charge is -2.01. The van der Waals surface area contributed by atoms with Gasteiger partial charge < -0.3 is 14.1 Å². The number of imidazole rings is 1. The normalized spacial score (nSPS) is 11.0. The number of oxazole rings is 1. The molecule has 0 fully saturated rings. The first-order valence-corrected chi connectivity index (χ1v) is 9.19. The quantitative estimate of drug-likeness (QED) is 0.605. The number of aromatic amines is 1. The number of aryl methyl sites for hydroxylation is 2. The van der Waals surface area contributed by atoms with Crippen molar-refractivity contribution < 1.29 is 13.9 Å². The van der Waals surface area contributed by atoms with Crippen LogP contribution >= 0.6 is 22.9 Å². The lowest BCUT2D eigenvalue weighted by molar-refractivity contribution is -0.143. The van der Waals surface area contributed by atoms with Crippen LogP contribution < -0.4 is 0 Å². The predicted octanol–water partition coefficient (Wildman–Crippen LogP) is 4.64. The molecule has 1 N–H and O–H groups in total. The van der Waals surface area contributed by atoms with E-state index in [0.29, 0.717) is 36.1 Å². The second-order valence-electron chi connectivity index (χ2n) is 5.44. The second-order valence-corrected chi connectivity index (χ2v) is 7.15. The molecule has 0 atom stereocenters. The zero-order valence-electron chi connectivity index (χ0n) is 14.0. The summed E-state index contributed by atoms with van der Waals surface area (Å²) in [7, 11) is 0. The molecule has 3 rings (SSSR count). The Morgan fingerprint density at radius 3 is 2.92 bits per heavy atom. The Morgan fingerprint density at radius 1 is 1.44 bits per heavy atom. The van der Waals surface area contributed by atoms with Gasteiger partial charge in [-0.05, 0) is 32.4 Å². The number of esters is 1. The van der Waals surface area contributed by atoms with E-state index >= 15 is 0 Å². The first-order chi connectivity index (χ1) is 12.1. The van der Waals surface area contributed by atoms with Crippen molar-refractivity contribution in [2.75, 3.05) is 6.61 Å². The Hall–Kier alpha value is -2.12. The van der Waals surface area contributed by atoms with Gasteiger partial charge in [-0.15, -0.1) is 11.3 Å². The van der Waals surface area contributed by atoms with Crippen LogP contribution in [0.3, 0.4) is 0 Å². The highest BCUT2D eigenvalue weighted by Gasteiger charge is 2.19. The number of carbonyl (C=O) groups excluding carboxylic acids is 1. The molecular weight excluding hydrogens is 362 g/mol. The van der Waals surface area contributed by atoms with E-state index in [-0.39, 0.29) is 5.97 Å². The number of aromatic nitrogens is 3. The molecule has 3 aromatic heterocycles. The number of rotatable bonds is 7. The molecule has 0 bridgehead atoms. The monoisotopic (exact) mass is 379 g/mol. The average molecular weight is 380 g/mol. The van der Waals surface area contributed by atoms with E-state index in [1.807, 2.05) is 19.1 Å². The number of halogens is 1. The van der Waals surface area contributed by atoms with Gasteiger partial charge in [0.25, 0.3) is 0 Å². The Bertz CT molecular complexity index is 868. The molecule has 3 heterocycles. The van der Waals surface area contributed by atoms with E-state index in [1.54, 1.807) is 13.1 Å². The minimum absolute atomic E-state index is 0.202. The van der Waals surface area contributed by atoms with E-state index in [1.165, 1.54) is 11.3 Å². The van der Waals surface area contributed by atoms with Gasteiger partial charge in [0.15, 0.2) is 0 Å². The van der Waals surface area contributed by atoms with Crippen LogP contribution in [-0.2, 0) is 16.0 Å². The van der Waals surface area contributed by atoms with Gasteiger partial charge in [-0.3, -0.25) is 4.79 Å². The fraction of sp³-hybridized carbons (Fsp3) is 0.353. The van der Waals surface area contributed by atoms with Gasteiger partial charge in [0.2, 0.25) is 5.89 Å². The third-order valence-corrected chi connectivity index (χ3v) is 4.77. The third-order valence-electron chi connectivity index (χ3n) is 3.53. The fourth-order valence-corrected chi connectivity index (χ4v) is 3.48. The molecular formula is C17H18ClN3O3S. The third kappa shape index (κ3) is 4.29. The summed E-state index contributed by atoms with van der Waals surface area (Å²) in [5, 5.41) is 0. The summed E-state index contributed by atoms with van der Waals surface area (Å²) in [6, 6.07) is 3.75. The maximum absolute atomic E-state index is 11.5. The predicted molar refractivity (Wildman–Crippen MR) is 96.7 cm³/mol. The van der Waals surface area contributed by atoms with Crippen LogP contribution in [0.4, 0.5) is 0 Å². The van der Waals surface area contributed by atoms with E-state index in [0.717, 1.165) is 27.8 Å². The number of H-pyrrole nitrogens is 1. The zero-order chi connectivity index (χ0) is 17.8. The van der Waals surface area contributed by atoms with E-state index in [9.17, 15) is 4.79 Å². The Balaban J connectivity index is 1.84. The number of ether oxygens (including phenoxy) is 1. The van der Waals surface area contributed by atoms with Crippen molar-refractivity contribution in [3.63, 3.8) is 0 Å². The molecule has 3 aromatic rings. The van der Waals surface area contributed by atoms with Crippen molar-refractivity contribution in [2.24, 2.45) is 0 Å². The van der Waals surface area contributed by atoms with Gasteiger partial charge in [0.1, 0.15) is 23.0 Å². The molecule has 0 saturated heterocycles. The van der Waals surface area contributed by atoms with Crippen molar-refractivity contribution >= 4 is 28.9 Å². The van der Waals surface area contributed by atoms with Crippen LogP contribution in [0.25, 0.3) is 22.2 Å². The number of carbonyl (C=O) groups is 1. The van der Waals surface area contributed by atoms with Crippen LogP contribution in [0.1, 0.15) is 31.4 Å². The van der Waals surface area contributed by atoms with Crippen LogP contribution in [0.2, 0.25) is 4.34 Å². The summed E-state index contributed by atoms with van der Waals surface area (Å²) >= 11 is 7.50. The minimum Gasteiger partial charge on any atom is -0.466 e. The molecule has 0 aliphatic rings.